The van der Waals surface area contributed by atoms with Gasteiger partial charge in [0.15, 0.2) is 0 Å². The summed E-state index contributed by atoms with van der Waals surface area (Å²) in [4.78, 5) is 23.2. The zero-order chi connectivity index (χ0) is 20.6. The Kier molecular flexibility index (Phi) is 12.9. The Morgan fingerprint density at radius 3 is 1.89 bits per heavy atom. The first-order chi connectivity index (χ1) is 13.5. The highest BCUT2D eigenvalue weighted by atomic mass is 19.1. The first-order valence-corrected chi connectivity index (χ1v) is 10.3. The Morgan fingerprint density at radius 2 is 1.29 bits per heavy atom. The Hall–Kier alpha value is -1.98. The highest BCUT2D eigenvalue weighted by molar-refractivity contribution is 5.72. The summed E-state index contributed by atoms with van der Waals surface area (Å²) in [6.45, 7) is 2.67. The predicted molar refractivity (Wildman–Crippen MR) is 104 cm³/mol. The van der Waals surface area contributed by atoms with Crippen LogP contribution in [0.2, 0.25) is 0 Å². The van der Waals surface area contributed by atoms with E-state index >= 15 is 0 Å². The molecule has 0 fully saturated rings. The molecule has 0 amide bonds. The number of ether oxygens (including phenoxy) is 2. The van der Waals surface area contributed by atoms with Gasteiger partial charge in [0.25, 0.3) is 0 Å². The van der Waals surface area contributed by atoms with Crippen LogP contribution in [0.5, 0.6) is 5.75 Å². The van der Waals surface area contributed by atoms with Crippen LogP contribution in [0.3, 0.4) is 0 Å². The van der Waals surface area contributed by atoms with Crippen LogP contribution in [0.1, 0.15) is 84.0 Å². The summed E-state index contributed by atoms with van der Waals surface area (Å²) in [5.41, 5.74) is 0. The normalized spacial score (nSPS) is 10.7. The number of unbranched alkanes of at least 4 members (excludes halogenated alkanes) is 8. The second-order valence-corrected chi connectivity index (χ2v) is 6.98. The van der Waals surface area contributed by atoms with Crippen molar-refractivity contribution in [1.82, 2.24) is 0 Å². The molecule has 0 radical (unpaired) electrons. The number of carbonyl (C=O) groups excluding carboxylic acids is 2. The average molecular weight is 398 g/mol. The molecule has 4 nitrogen and oxygen atoms in total. The number of carbonyl (C=O) groups is 2. The number of esters is 2. The maximum Gasteiger partial charge on any atom is 0.311 e. The third-order valence-electron chi connectivity index (χ3n) is 4.34. The molecule has 0 saturated carbocycles. The van der Waals surface area contributed by atoms with Crippen LogP contribution in [-0.2, 0) is 14.3 Å². The summed E-state index contributed by atoms with van der Waals surface area (Å²) in [6, 6.07) is 2.69. The maximum atomic E-state index is 13.0. The fourth-order valence-corrected chi connectivity index (χ4v) is 2.80. The minimum absolute atomic E-state index is 0.111. The van der Waals surface area contributed by atoms with Crippen molar-refractivity contribution >= 4 is 11.9 Å². The minimum atomic E-state index is -0.775. The molecular weight excluding hydrogens is 366 g/mol. The van der Waals surface area contributed by atoms with Crippen LogP contribution in [0, 0.1) is 11.6 Å². The van der Waals surface area contributed by atoms with E-state index in [4.69, 9.17) is 9.47 Å². The zero-order valence-corrected chi connectivity index (χ0v) is 16.8. The van der Waals surface area contributed by atoms with Crippen molar-refractivity contribution in [2.24, 2.45) is 0 Å². The van der Waals surface area contributed by atoms with Gasteiger partial charge in [-0.25, -0.2) is 8.78 Å². The van der Waals surface area contributed by atoms with Gasteiger partial charge in [0, 0.05) is 31.0 Å². The first-order valence-electron chi connectivity index (χ1n) is 10.3. The van der Waals surface area contributed by atoms with Crippen molar-refractivity contribution in [3.05, 3.63) is 29.8 Å². The van der Waals surface area contributed by atoms with Gasteiger partial charge in [-0.2, -0.15) is 0 Å². The van der Waals surface area contributed by atoms with E-state index in [0.717, 1.165) is 63.1 Å². The lowest BCUT2D eigenvalue weighted by Crippen LogP contribution is -2.08. The van der Waals surface area contributed by atoms with Gasteiger partial charge in [-0.05, 0) is 19.3 Å². The molecular formula is C22H32F2O4. The van der Waals surface area contributed by atoms with Crippen molar-refractivity contribution in [2.45, 2.75) is 84.0 Å². The van der Waals surface area contributed by atoms with E-state index in [1.807, 2.05) is 0 Å². The second kappa shape index (κ2) is 15.0. The van der Waals surface area contributed by atoms with Crippen LogP contribution in [-0.4, -0.2) is 18.5 Å². The Bertz CT molecular complexity index is 570. The van der Waals surface area contributed by atoms with Gasteiger partial charge in [0.1, 0.15) is 17.4 Å². The minimum Gasteiger partial charge on any atom is -0.466 e. The topological polar surface area (TPSA) is 52.6 Å². The summed E-state index contributed by atoms with van der Waals surface area (Å²) < 4.78 is 36.2. The van der Waals surface area contributed by atoms with E-state index < -0.39 is 17.6 Å². The summed E-state index contributed by atoms with van der Waals surface area (Å²) in [6.07, 6.45) is 10.3. The summed E-state index contributed by atoms with van der Waals surface area (Å²) in [7, 11) is 0. The van der Waals surface area contributed by atoms with E-state index in [-0.39, 0.29) is 18.1 Å². The van der Waals surface area contributed by atoms with Crippen LogP contribution in [0.15, 0.2) is 18.2 Å². The number of hydrogen-bond acceptors (Lipinski definition) is 4. The fraction of sp³-hybridized carbons (Fsp3) is 0.636. The van der Waals surface area contributed by atoms with Gasteiger partial charge in [-0.3, -0.25) is 9.59 Å². The lowest BCUT2D eigenvalue weighted by Gasteiger charge is -2.06. The number of hydrogen-bond donors (Lipinski definition) is 0. The molecule has 158 valence electrons. The third kappa shape index (κ3) is 12.4. The van der Waals surface area contributed by atoms with Crippen molar-refractivity contribution in [2.75, 3.05) is 6.61 Å². The van der Waals surface area contributed by atoms with E-state index in [1.54, 1.807) is 0 Å². The third-order valence-corrected chi connectivity index (χ3v) is 4.34. The quantitative estimate of drug-likeness (QED) is 0.203. The molecule has 1 aromatic carbocycles. The number of benzene rings is 1. The first kappa shape index (κ1) is 24.1. The van der Waals surface area contributed by atoms with Crippen LogP contribution < -0.4 is 4.74 Å². The average Bonchev–Trinajstić information content (AvgIpc) is 2.62. The highest BCUT2D eigenvalue weighted by Crippen LogP contribution is 2.17. The Labute approximate surface area is 166 Å². The van der Waals surface area contributed by atoms with Crippen molar-refractivity contribution in [1.29, 1.82) is 0 Å². The molecule has 0 aliphatic heterocycles. The van der Waals surface area contributed by atoms with E-state index in [1.165, 1.54) is 12.8 Å². The largest absolute Gasteiger partial charge is 0.466 e. The smallest absolute Gasteiger partial charge is 0.311 e. The van der Waals surface area contributed by atoms with Gasteiger partial charge in [-0.1, -0.05) is 51.9 Å². The van der Waals surface area contributed by atoms with Gasteiger partial charge in [0.05, 0.1) is 6.61 Å². The maximum absolute atomic E-state index is 13.0. The van der Waals surface area contributed by atoms with Crippen LogP contribution >= 0.6 is 0 Å². The van der Waals surface area contributed by atoms with E-state index in [9.17, 15) is 18.4 Å². The molecule has 28 heavy (non-hydrogen) atoms. The molecule has 0 atom stereocenters. The Morgan fingerprint density at radius 1 is 0.750 bits per heavy atom. The zero-order valence-electron chi connectivity index (χ0n) is 16.8. The molecule has 0 aliphatic carbocycles. The van der Waals surface area contributed by atoms with Crippen molar-refractivity contribution in [3.8, 4) is 5.75 Å². The van der Waals surface area contributed by atoms with Crippen LogP contribution in [0.25, 0.3) is 0 Å². The Balaban J connectivity index is 1.95. The standard InChI is InChI=1S/C22H32F2O4/c1-2-3-4-11-14-27-21(25)12-9-7-5-6-8-10-13-22(26)28-20-16-18(23)15-19(24)17-20/h15-17H,2-14H2,1H3. The SMILES string of the molecule is CCCCCCOC(=O)CCCCCCCCC(=O)Oc1cc(F)cc(F)c1. The monoisotopic (exact) mass is 398 g/mol. The molecule has 0 aliphatic rings. The molecule has 0 spiro atoms. The van der Waals surface area contributed by atoms with Crippen molar-refractivity contribution < 1.29 is 27.8 Å². The van der Waals surface area contributed by atoms with Gasteiger partial charge < -0.3 is 9.47 Å². The fourth-order valence-electron chi connectivity index (χ4n) is 2.80. The molecule has 0 heterocycles. The van der Waals surface area contributed by atoms with Gasteiger partial charge in [-0.15, -0.1) is 0 Å². The summed E-state index contributed by atoms with van der Waals surface area (Å²) in [5.74, 6) is -2.27. The predicted octanol–water partition coefficient (Wildman–Crippen LogP) is 6.11. The van der Waals surface area contributed by atoms with Gasteiger partial charge in [0.2, 0.25) is 0 Å². The lowest BCUT2D eigenvalue weighted by molar-refractivity contribution is -0.144. The molecule has 1 aromatic rings. The van der Waals surface area contributed by atoms with Crippen molar-refractivity contribution in [3.63, 3.8) is 0 Å². The van der Waals surface area contributed by atoms with E-state index in [2.05, 4.69) is 6.92 Å². The van der Waals surface area contributed by atoms with E-state index in [0.29, 0.717) is 19.4 Å². The van der Waals surface area contributed by atoms with Gasteiger partial charge >= 0.3 is 11.9 Å². The molecule has 0 N–H and O–H groups in total. The molecule has 0 unspecified atom stereocenters. The second-order valence-electron chi connectivity index (χ2n) is 6.98. The number of rotatable bonds is 15. The molecule has 6 heteroatoms. The molecule has 0 bridgehead atoms. The lowest BCUT2D eigenvalue weighted by atomic mass is 10.1. The molecule has 0 aromatic heterocycles. The summed E-state index contributed by atoms with van der Waals surface area (Å²) in [5, 5.41) is 0. The van der Waals surface area contributed by atoms with Crippen LogP contribution in [0.4, 0.5) is 8.78 Å². The number of halogens is 2. The summed E-state index contributed by atoms with van der Waals surface area (Å²) >= 11 is 0. The highest BCUT2D eigenvalue weighted by Gasteiger charge is 2.08. The molecule has 1 rings (SSSR count). The molecule has 0 saturated heterocycles.